The minimum absolute atomic E-state index is 0.973. The lowest BCUT2D eigenvalue weighted by molar-refractivity contribution is 0.302. The molecule has 2 aliphatic carbocycles. The van der Waals surface area contributed by atoms with Crippen LogP contribution in [0.25, 0.3) is 0 Å². The van der Waals surface area contributed by atoms with Crippen LogP contribution in [0.1, 0.15) is 64.7 Å². The molecule has 0 heteroatoms. The number of hydrogen-bond acceptors (Lipinski definition) is 0. The molecule has 2 radical (unpaired) electrons. The van der Waals surface area contributed by atoms with Crippen molar-refractivity contribution in [2.75, 3.05) is 0 Å². The summed E-state index contributed by atoms with van der Waals surface area (Å²) >= 11 is 0. The highest BCUT2D eigenvalue weighted by molar-refractivity contribution is 5.07. The summed E-state index contributed by atoms with van der Waals surface area (Å²) < 4.78 is 0. The van der Waals surface area contributed by atoms with Crippen LogP contribution in [0.3, 0.4) is 0 Å². The molecule has 0 atom stereocenters. The lowest BCUT2D eigenvalue weighted by atomic mass is 9.69. The average Bonchev–Trinajstić information content (AvgIpc) is 2.32. The van der Waals surface area contributed by atoms with E-state index >= 15 is 0 Å². The first-order valence-corrected chi connectivity index (χ1v) is 7.08. The van der Waals surface area contributed by atoms with E-state index in [1.54, 1.807) is 5.92 Å². The summed E-state index contributed by atoms with van der Waals surface area (Å²) in [6.45, 7) is 6.26. The molecule has 0 amide bonds. The topological polar surface area (TPSA) is 0 Å². The maximum absolute atomic E-state index is 3.85. The van der Waals surface area contributed by atoms with Crippen molar-refractivity contribution >= 4 is 0 Å². The average molecular weight is 218 g/mol. The van der Waals surface area contributed by atoms with Gasteiger partial charge in [0.15, 0.2) is 0 Å². The summed E-state index contributed by atoms with van der Waals surface area (Å²) in [5.74, 6) is 5.61. The van der Waals surface area contributed by atoms with Gasteiger partial charge in [-0.1, -0.05) is 25.8 Å². The van der Waals surface area contributed by atoms with Gasteiger partial charge in [-0.05, 0) is 68.6 Å². The van der Waals surface area contributed by atoms with Gasteiger partial charge in [0.25, 0.3) is 0 Å². The molecule has 0 bridgehead atoms. The molecule has 90 valence electrons. The number of rotatable bonds is 3. The van der Waals surface area contributed by atoms with Crippen molar-refractivity contribution in [1.29, 1.82) is 0 Å². The second-order valence-corrected chi connectivity index (χ2v) is 5.86. The van der Waals surface area contributed by atoms with Gasteiger partial charge in [-0.3, -0.25) is 0 Å². The molecule has 0 aliphatic heterocycles. The first kappa shape index (κ1) is 12.2. The van der Waals surface area contributed by atoms with Gasteiger partial charge in [-0.15, -0.1) is 6.58 Å². The molecule has 0 spiro atoms. The Morgan fingerprint density at radius 1 is 1.06 bits per heavy atom. The third-order valence-corrected chi connectivity index (χ3v) is 4.62. The van der Waals surface area contributed by atoms with Gasteiger partial charge in [0, 0.05) is 0 Å². The molecule has 0 aromatic carbocycles. The van der Waals surface area contributed by atoms with Crippen LogP contribution in [0, 0.1) is 23.7 Å². The van der Waals surface area contributed by atoms with E-state index in [9.17, 15) is 0 Å². The summed E-state index contributed by atoms with van der Waals surface area (Å²) in [5, 5.41) is 0. The van der Waals surface area contributed by atoms with E-state index in [0.29, 0.717) is 0 Å². The Morgan fingerprint density at radius 3 is 2.25 bits per heavy atom. The Hall–Kier alpha value is -0.260. The van der Waals surface area contributed by atoms with Crippen molar-refractivity contribution < 1.29 is 0 Å². The highest BCUT2D eigenvalue weighted by Gasteiger charge is 2.29. The lowest BCUT2D eigenvalue weighted by Gasteiger charge is -2.36. The predicted octanol–water partition coefficient (Wildman–Crippen LogP) is 5.11. The highest BCUT2D eigenvalue weighted by Crippen LogP contribution is 2.43. The fourth-order valence-corrected chi connectivity index (χ4v) is 3.38. The summed E-state index contributed by atoms with van der Waals surface area (Å²) in [7, 11) is 0. The SMILES string of the molecule is C=CC[C]1CCC([C]2CCC(C)CC2)CC1. The van der Waals surface area contributed by atoms with Gasteiger partial charge >= 0.3 is 0 Å². The third-order valence-electron chi connectivity index (χ3n) is 4.62. The molecule has 2 aliphatic rings. The molecule has 2 fully saturated rings. The molecule has 2 saturated carbocycles. The van der Waals surface area contributed by atoms with Crippen molar-refractivity contribution in [2.24, 2.45) is 11.8 Å². The van der Waals surface area contributed by atoms with E-state index in [1.165, 1.54) is 57.8 Å². The van der Waals surface area contributed by atoms with Crippen molar-refractivity contribution in [3.63, 3.8) is 0 Å². The van der Waals surface area contributed by atoms with Gasteiger partial charge in [-0.25, -0.2) is 0 Å². The molecule has 0 unspecified atom stereocenters. The second kappa shape index (κ2) is 5.89. The Morgan fingerprint density at radius 2 is 1.69 bits per heavy atom. The molecular formula is C16H26. The maximum Gasteiger partial charge on any atom is -0.0203 e. The van der Waals surface area contributed by atoms with Crippen LogP contribution in [-0.4, -0.2) is 0 Å². The minimum atomic E-state index is 0.973. The number of hydrogen-bond donors (Lipinski definition) is 0. The van der Waals surface area contributed by atoms with E-state index in [-0.39, 0.29) is 0 Å². The second-order valence-electron chi connectivity index (χ2n) is 5.86. The van der Waals surface area contributed by atoms with Gasteiger partial charge in [0.1, 0.15) is 0 Å². The van der Waals surface area contributed by atoms with Gasteiger partial charge in [0.2, 0.25) is 0 Å². The summed E-state index contributed by atoms with van der Waals surface area (Å²) in [4.78, 5) is 0. The van der Waals surface area contributed by atoms with Crippen molar-refractivity contribution in [3.05, 3.63) is 24.5 Å². The van der Waals surface area contributed by atoms with E-state index < -0.39 is 0 Å². The fraction of sp³-hybridized carbons (Fsp3) is 0.750. The van der Waals surface area contributed by atoms with Crippen LogP contribution in [0.2, 0.25) is 0 Å². The molecule has 0 heterocycles. The predicted molar refractivity (Wildman–Crippen MR) is 70.9 cm³/mol. The standard InChI is InChI=1S/C16H26/c1-3-4-14-7-11-16(12-8-14)15-9-5-13(2)6-10-15/h3,13,16H,1,4-12H2,2H3. The third kappa shape index (κ3) is 3.12. The van der Waals surface area contributed by atoms with Gasteiger partial charge in [0.05, 0.1) is 0 Å². The van der Waals surface area contributed by atoms with E-state index in [1.807, 2.05) is 5.92 Å². The molecular weight excluding hydrogens is 192 g/mol. The lowest BCUT2D eigenvalue weighted by Crippen LogP contribution is -2.23. The zero-order chi connectivity index (χ0) is 11.4. The van der Waals surface area contributed by atoms with Gasteiger partial charge in [-0.2, -0.15) is 0 Å². The molecule has 0 aromatic rings. The Kier molecular flexibility index (Phi) is 4.49. The molecule has 2 rings (SSSR count). The Labute approximate surface area is 102 Å². The maximum atomic E-state index is 3.85. The van der Waals surface area contributed by atoms with Crippen LogP contribution in [0.5, 0.6) is 0 Å². The van der Waals surface area contributed by atoms with Gasteiger partial charge < -0.3 is 0 Å². The van der Waals surface area contributed by atoms with Crippen LogP contribution in [-0.2, 0) is 0 Å². The van der Waals surface area contributed by atoms with Crippen LogP contribution in [0.4, 0.5) is 0 Å². The van der Waals surface area contributed by atoms with E-state index in [0.717, 1.165) is 11.8 Å². The molecule has 0 aromatic heterocycles. The smallest absolute Gasteiger partial charge is 0.0203 e. The Bertz CT molecular complexity index is 202. The molecule has 16 heavy (non-hydrogen) atoms. The van der Waals surface area contributed by atoms with Crippen molar-refractivity contribution in [1.82, 2.24) is 0 Å². The molecule has 0 saturated heterocycles. The summed E-state index contributed by atoms with van der Waals surface area (Å²) in [5.41, 5.74) is 0. The van der Waals surface area contributed by atoms with Crippen molar-refractivity contribution in [2.45, 2.75) is 64.7 Å². The quantitative estimate of drug-likeness (QED) is 0.577. The van der Waals surface area contributed by atoms with E-state index in [2.05, 4.69) is 19.6 Å². The number of allylic oxidation sites excluding steroid dienone is 1. The zero-order valence-electron chi connectivity index (χ0n) is 10.8. The summed E-state index contributed by atoms with van der Waals surface area (Å²) in [6, 6.07) is 0. The first-order chi connectivity index (χ1) is 7.79. The fourth-order valence-electron chi connectivity index (χ4n) is 3.38. The largest absolute Gasteiger partial charge is 0.103 e. The highest BCUT2D eigenvalue weighted by atomic mass is 14.3. The Balaban J connectivity index is 1.74. The monoisotopic (exact) mass is 218 g/mol. The van der Waals surface area contributed by atoms with Crippen LogP contribution < -0.4 is 0 Å². The van der Waals surface area contributed by atoms with Crippen LogP contribution in [0.15, 0.2) is 12.7 Å². The normalized spacial score (nSPS) is 27.1. The minimum Gasteiger partial charge on any atom is -0.103 e. The van der Waals surface area contributed by atoms with E-state index in [4.69, 9.17) is 0 Å². The van der Waals surface area contributed by atoms with Crippen LogP contribution >= 0.6 is 0 Å². The van der Waals surface area contributed by atoms with Crippen molar-refractivity contribution in [3.8, 4) is 0 Å². The molecule has 0 N–H and O–H groups in total. The summed E-state index contributed by atoms with van der Waals surface area (Å²) in [6.07, 6.45) is 14.6. The zero-order valence-corrected chi connectivity index (χ0v) is 10.8. The molecule has 0 nitrogen and oxygen atoms in total. The first-order valence-electron chi connectivity index (χ1n) is 7.08.